The highest BCUT2D eigenvalue weighted by Crippen LogP contribution is 2.54. The molecule has 27 heavy (non-hydrogen) atoms. The number of para-hydroxylation sites is 2. The van der Waals surface area contributed by atoms with Crippen molar-refractivity contribution >= 4 is 17.0 Å². The number of hydrogen-bond acceptors (Lipinski definition) is 6. The summed E-state index contributed by atoms with van der Waals surface area (Å²) in [4.78, 5) is 18.0. The molecule has 136 valence electrons. The third kappa shape index (κ3) is 2.56. The van der Waals surface area contributed by atoms with Gasteiger partial charge >= 0.3 is 0 Å². The maximum Gasteiger partial charge on any atom is 0.222 e. The first-order valence-corrected chi connectivity index (χ1v) is 8.97. The predicted molar refractivity (Wildman–Crippen MR) is 102 cm³/mol. The van der Waals surface area contributed by atoms with Crippen molar-refractivity contribution in [1.29, 1.82) is 0 Å². The molecule has 1 aliphatic rings. The molecule has 2 atom stereocenters. The summed E-state index contributed by atoms with van der Waals surface area (Å²) in [6, 6.07) is 10.2. The van der Waals surface area contributed by atoms with E-state index in [0.29, 0.717) is 17.6 Å². The minimum absolute atomic E-state index is 0.255. The van der Waals surface area contributed by atoms with Crippen molar-refractivity contribution in [3.63, 3.8) is 0 Å². The molecule has 1 fully saturated rings. The zero-order valence-corrected chi connectivity index (χ0v) is 15.5. The molecule has 8 heteroatoms. The summed E-state index contributed by atoms with van der Waals surface area (Å²) < 4.78 is 3.89. The topological polar surface area (TPSA) is 100 Å². The number of benzene rings is 1. The van der Waals surface area contributed by atoms with Crippen molar-refractivity contribution in [2.24, 2.45) is 7.05 Å². The molecule has 4 aromatic rings. The third-order valence-electron chi connectivity index (χ3n) is 5.17. The summed E-state index contributed by atoms with van der Waals surface area (Å²) in [5.41, 5.74) is 9.10. The van der Waals surface area contributed by atoms with Crippen LogP contribution in [-0.2, 0) is 7.05 Å². The van der Waals surface area contributed by atoms with Crippen LogP contribution in [0.2, 0.25) is 0 Å². The summed E-state index contributed by atoms with van der Waals surface area (Å²) in [6.07, 6.45) is 1.00. The average Bonchev–Trinajstić information content (AvgIpc) is 3.27. The molecule has 0 amide bonds. The number of hydrogen-bond donors (Lipinski definition) is 1. The predicted octanol–water partition coefficient (Wildman–Crippen LogP) is 2.41. The van der Waals surface area contributed by atoms with Gasteiger partial charge in [0.25, 0.3) is 0 Å². The lowest BCUT2D eigenvalue weighted by Crippen LogP contribution is -2.08. The lowest BCUT2D eigenvalue weighted by atomic mass is 10.2. The molecule has 0 unspecified atom stereocenters. The van der Waals surface area contributed by atoms with E-state index in [4.69, 9.17) is 10.7 Å². The number of aryl methyl sites for hydroxylation is 3. The molecule has 5 rings (SSSR count). The number of imidazole rings is 1. The number of nitrogens with zero attached hydrogens (tertiary/aromatic N) is 7. The van der Waals surface area contributed by atoms with Gasteiger partial charge in [-0.25, -0.2) is 15.0 Å². The summed E-state index contributed by atoms with van der Waals surface area (Å²) in [6.45, 7) is 3.76. The Labute approximate surface area is 156 Å². The van der Waals surface area contributed by atoms with Crippen LogP contribution in [0.3, 0.4) is 0 Å². The second-order valence-corrected chi connectivity index (χ2v) is 7.09. The van der Waals surface area contributed by atoms with Crippen LogP contribution in [0.15, 0.2) is 30.3 Å². The molecule has 3 aromatic heterocycles. The van der Waals surface area contributed by atoms with E-state index in [2.05, 4.69) is 37.7 Å². The van der Waals surface area contributed by atoms with Crippen LogP contribution < -0.4 is 5.73 Å². The summed E-state index contributed by atoms with van der Waals surface area (Å²) >= 11 is 0. The van der Waals surface area contributed by atoms with Crippen LogP contribution in [0.1, 0.15) is 41.4 Å². The van der Waals surface area contributed by atoms with Crippen LogP contribution in [-0.4, -0.2) is 34.3 Å². The fourth-order valence-corrected chi connectivity index (χ4v) is 3.81. The lowest BCUT2D eigenvalue weighted by Gasteiger charge is -2.07. The van der Waals surface area contributed by atoms with E-state index in [1.54, 1.807) is 4.68 Å². The van der Waals surface area contributed by atoms with E-state index < -0.39 is 0 Å². The Morgan fingerprint density at radius 3 is 2.59 bits per heavy atom. The highest BCUT2D eigenvalue weighted by atomic mass is 15.4. The number of fused-ring (bicyclic) bond motifs is 1. The fourth-order valence-electron chi connectivity index (χ4n) is 3.81. The highest BCUT2D eigenvalue weighted by molar-refractivity contribution is 5.76. The van der Waals surface area contributed by atoms with Gasteiger partial charge in [0.2, 0.25) is 5.95 Å². The van der Waals surface area contributed by atoms with E-state index >= 15 is 0 Å². The monoisotopic (exact) mass is 360 g/mol. The Kier molecular flexibility index (Phi) is 3.30. The van der Waals surface area contributed by atoms with Gasteiger partial charge in [-0.15, -0.1) is 5.10 Å². The van der Waals surface area contributed by atoms with E-state index in [1.165, 1.54) is 0 Å². The van der Waals surface area contributed by atoms with Crippen LogP contribution in [0, 0.1) is 13.8 Å². The van der Waals surface area contributed by atoms with Crippen molar-refractivity contribution in [1.82, 2.24) is 34.3 Å². The number of aromatic nitrogens is 7. The molecule has 0 spiro atoms. The van der Waals surface area contributed by atoms with Crippen molar-refractivity contribution in [3.8, 4) is 5.82 Å². The fraction of sp³-hybridized carbons (Fsp3) is 0.316. The van der Waals surface area contributed by atoms with Gasteiger partial charge in [-0.3, -0.25) is 0 Å². The van der Waals surface area contributed by atoms with Gasteiger partial charge in [-0.1, -0.05) is 12.1 Å². The Balaban J connectivity index is 1.51. The molecular weight excluding hydrogens is 340 g/mol. The molecule has 2 N–H and O–H groups in total. The van der Waals surface area contributed by atoms with Gasteiger partial charge in [0.05, 0.1) is 16.7 Å². The van der Waals surface area contributed by atoms with Crippen LogP contribution in [0.5, 0.6) is 0 Å². The summed E-state index contributed by atoms with van der Waals surface area (Å²) in [7, 11) is 2.07. The second-order valence-electron chi connectivity index (χ2n) is 7.09. The Morgan fingerprint density at radius 1 is 1.04 bits per heavy atom. The van der Waals surface area contributed by atoms with Gasteiger partial charge in [-0.2, -0.15) is 9.67 Å². The summed E-state index contributed by atoms with van der Waals surface area (Å²) in [5.74, 6) is 4.11. The van der Waals surface area contributed by atoms with Crippen molar-refractivity contribution in [2.75, 3.05) is 5.73 Å². The Bertz CT molecular complexity index is 1170. The standard InChI is InChI=1S/C19H20N8/c1-10-21-11(2)27(25-10)17-9-15(23-19(20)24-17)12-8-13(12)18-22-14-6-4-5-7-16(14)26(18)3/h4-7,9,12-13H,8H2,1-3H3,(H2,20,23,24)/t12-,13-/m0/s1. The smallest absolute Gasteiger partial charge is 0.222 e. The third-order valence-corrected chi connectivity index (χ3v) is 5.17. The first kappa shape index (κ1) is 15.9. The second kappa shape index (κ2) is 5.60. The van der Waals surface area contributed by atoms with Gasteiger partial charge in [0.15, 0.2) is 5.82 Å². The maximum absolute atomic E-state index is 5.99. The molecule has 1 aliphatic carbocycles. The largest absolute Gasteiger partial charge is 0.368 e. The minimum atomic E-state index is 0.255. The van der Waals surface area contributed by atoms with Crippen LogP contribution in [0.25, 0.3) is 16.9 Å². The number of nitrogens with two attached hydrogens (primary N) is 1. The van der Waals surface area contributed by atoms with Crippen molar-refractivity contribution in [2.45, 2.75) is 32.1 Å². The average molecular weight is 360 g/mol. The zero-order chi connectivity index (χ0) is 18.7. The molecule has 8 nitrogen and oxygen atoms in total. The highest BCUT2D eigenvalue weighted by Gasteiger charge is 2.44. The van der Waals surface area contributed by atoms with Gasteiger partial charge in [0.1, 0.15) is 17.5 Å². The van der Waals surface area contributed by atoms with Crippen molar-refractivity contribution < 1.29 is 0 Å². The van der Waals surface area contributed by atoms with Gasteiger partial charge in [-0.05, 0) is 32.4 Å². The van der Waals surface area contributed by atoms with Crippen LogP contribution in [0.4, 0.5) is 5.95 Å². The molecule has 1 saturated carbocycles. The first-order chi connectivity index (χ1) is 13.0. The summed E-state index contributed by atoms with van der Waals surface area (Å²) in [5, 5.41) is 4.41. The Hall–Kier alpha value is -3.29. The molecule has 0 bridgehead atoms. The van der Waals surface area contributed by atoms with E-state index in [1.807, 2.05) is 38.1 Å². The molecule has 0 aliphatic heterocycles. The number of anilines is 1. The quantitative estimate of drug-likeness (QED) is 0.602. The molecular formula is C19H20N8. The molecule has 0 radical (unpaired) electrons. The number of rotatable bonds is 3. The molecule has 1 aromatic carbocycles. The zero-order valence-electron chi connectivity index (χ0n) is 15.5. The van der Waals surface area contributed by atoms with E-state index in [0.717, 1.165) is 34.8 Å². The number of nitrogen functional groups attached to an aromatic ring is 1. The maximum atomic E-state index is 5.99. The first-order valence-electron chi connectivity index (χ1n) is 8.97. The van der Waals surface area contributed by atoms with Gasteiger partial charge < -0.3 is 10.3 Å². The van der Waals surface area contributed by atoms with Gasteiger partial charge in [0, 0.05) is 24.9 Å². The SMILES string of the molecule is Cc1nc(C)n(-c2cc([C@H]3C[C@@H]3c3nc4ccccc4n3C)nc(N)n2)n1. The minimum Gasteiger partial charge on any atom is -0.368 e. The van der Waals surface area contributed by atoms with Crippen molar-refractivity contribution in [3.05, 3.63) is 53.5 Å². The Morgan fingerprint density at radius 2 is 1.85 bits per heavy atom. The van der Waals surface area contributed by atoms with Crippen LogP contribution >= 0.6 is 0 Å². The molecule has 0 saturated heterocycles. The van der Waals surface area contributed by atoms with E-state index in [-0.39, 0.29) is 11.9 Å². The molecule has 3 heterocycles. The normalized spacial score (nSPS) is 18.9. The van der Waals surface area contributed by atoms with E-state index in [9.17, 15) is 0 Å². The lowest BCUT2D eigenvalue weighted by molar-refractivity contribution is 0.780.